The van der Waals surface area contributed by atoms with Crippen molar-refractivity contribution in [1.82, 2.24) is 5.32 Å². The number of carboxylic acids is 1. The standard InChI is InChI=1S/C18H26N2O3/c1-3-4-7-15(18(22)23)19-17(21)14-12-13(2)8-9-16(14)20-10-5-6-11-20/h8-9,12,15H,3-7,10-11H2,1-2H3,(H,19,21)(H,22,23). The van der Waals surface area contributed by atoms with Gasteiger partial charge in [0.2, 0.25) is 0 Å². The van der Waals surface area contributed by atoms with E-state index in [1.54, 1.807) is 0 Å². The first-order valence-corrected chi connectivity index (χ1v) is 8.42. The van der Waals surface area contributed by atoms with Crippen LogP contribution in [0.25, 0.3) is 0 Å². The van der Waals surface area contributed by atoms with E-state index >= 15 is 0 Å². The van der Waals surface area contributed by atoms with Gasteiger partial charge in [-0.2, -0.15) is 0 Å². The summed E-state index contributed by atoms with van der Waals surface area (Å²) in [6.45, 7) is 5.84. The molecule has 0 aliphatic carbocycles. The molecule has 23 heavy (non-hydrogen) atoms. The Morgan fingerprint density at radius 3 is 2.61 bits per heavy atom. The lowest BCUT2D eigenvalue weighted by atomic mass is 10.1. The lowest BCUT2D eigenvalue weighted by Crippen LogP contribution is -2.41. The van der Waals surface area contributed by atoms with E-state index < -0.39 is 12.0 Å². The fraction of sp³-hybridized carbons (Fsp3) is 0.556. The number of carbonyl (C=O) groups excluding carboxylic acids is 1. The first kappa shape index (κ1) is 17.3. The van der Waals surface area contributed by atoms with Gasteiger partial charge in [-0.05, 0) is 38.3 Å². The summed E-state index contributed by atoms with van der Waals surface area (Å²) in [7, 11) is 0. The van der Waals surface area contributed by atoms with E-state index in [0.717, 1.165) is 50.0 Å². The SMILES string of the molecule is CCCCC(NC(=O)c1cc(C)ccc1N1CCCC1)C(=O)O. The number of anilines is 1. The maximum absolute atomic E-state index is 12.7. The largest absolute Gasteiger partial charge is 0.480 e. The number of unbranched alkanes of at least 4 members (excludes halogenated alkanes) is 1. The maximum Gasteiger partial charge on any atom is 0.326 e. The van der Waals surface area contributed by atoms with Crippen LogP contribution in [0.15, 0.2) is 18.2 Å². The second-order valence-corrected chi connectivity index (χ2v) is 6.22. The molecule has 1 atom stereocenters. The van der Waals surface area contributed by atoms with Crippen LogP contribution in [0.3, 0.4) is 0 Å². The first-order chi connectivity index (χ1) is 11.0. The van der Waals surface area contributed by atoms with E-state index in [4.69, 9.17) is 0 Å². The summed E-state index contributed by atoms with van der Waals surface area (Å²) in [5, 5.41) is 12.0. The minimum atomic E-state index is -0.970. The molecule has 126 valence electrons. The predicted octanol–water partition coefficient (Wildman–Crippen LogP) is 2.97. The molecule has 1 heterocycles. The number of rotatable bonds is 7. The third kappa shape index (κ3) is 4.47. The summed E-state index contributed by atoms with van der Waals surface area (Å²) < 4.78 is 0. The fourth-order valence-electron chi connectivity index (χ4n) is 2.97. The van der Waals surface area contributed by atoms with Gasteiger partial charge in [-0.3, -0.25) is 4.79 Å². The van der Waals surface area contributed by atoms with Gasteiger partial charge in [0.15, 0.2) is 0 Å². The molecule has 1 aromatic carbocycles. The van der Waals surface area contributed by atoms with Crippen molar-refractivity contribution in [3.8, 4) is 0 Å². The lowest BCUT2D eigenvalue weighted by Gasteiger charge is -2.22. The molecule has 0 bridgehead atoms. The normalized spacial score (nSPS) is 15.5. The minimum Gasteiger partial charge on any atom is -0.480 e. The fourth-order valence-corrected chi connectivity index (χ4v) is 2.97. The van der Waals surface area contributed by atoms with Crippen LogP contribution in [-0.4, -0.2) is 36.1 Å². The van der Waals surface area contributed by atoms with Crippen molar-refractivity contribution in [1.29, 1.82) is 0 Å². The van der Waals surface area contributed by atoms with Crippen LogP contribution in [0.5, 0.6) is 0 Å². The van der Waals surface area contributed by atoms with Crippen LogP contribution in [0, 0.1) is 6.92 Å². The molecule has 1 unspecified atom stereocenters. The molecule has 1 amide bonds. The maximum atomic E-state index is 12.7. The van der Waals surface area contributed by atoms with Crippen LogP contribution in [-0.2, 0) is 4.79 Å². The van der Waals surface area contributed by atoms with Crippen LogP contribution >= 0.6 is 0 Å². The van der Waals surface area contributed by atoms with E-state index in [1.807, 2.05) is 32.0 Å². The Morgan fingerprint density at radius 2 is 2.00 bits per heavy atom. The van der Waals surface area contributed by atoms with Gasteiger partial charge in [-0.15, -0.1) is 0 Å². The number of nitrogens with one attached hydrogen (secondary N) is 1. The molecule has 0 radical (unpaired) electrons. The van der Waals surface area contributed by atoms with Gasteiger partial charge in [0, 0.05) is 18.8 Å². The number of aliphatic carboxylic acids is 1. The Bertz CT molecular complexity index is 565. The summed E-state index contributed by atoms with van der Waals surface area (Å²) in [4.78, 5) is 26.2. The second-order valence-electron chi connectivity index (χ2n) is 6.22. The Labute approximate surface area is 137 Å². The van der Waals surface area contributed by atoms with Crippen molar-refractivity contribution in [2.75, 3.05) is 18.0 Å². The summed E-state index contributed by atoms with van der Waals surface area (Å²) in [6.07, 6.45) is 4.40. The average Bonchev–Trinajstić information content (AvgIpc) is 3.05. The summed E-state index contributed by atoms with van der Waals surface area (Å²) in [5.41, 5.74) is 2.48. The third-order valence-corrected chi connectivity index (χ3v) is 4.29. The lowest BCUT2D eigenvalue weighted by molar-refractivity contribution is -0.139. The first-order valence-electron chi connectivity index (χ1n) is 8.42. The van der Waals surface area contributed by atoms with Crippen LogP contribution in [0.1, 0.15) is 54.9 Å². The van der Waals surface area contributed by atoms with Gasteiger partial charge in [0.25, 0.3) is 5.91 Å². The highest BCUT2D eigenvalue weighted by atomic mass is 16.4. The molecule has 1 saturated heterocycles. The molecular weight excluding hydrogens is 292 g/mol. The van der Waals surface area contributed by atoms with E-state index in [2.05, 4.69) is 10.2 Å². The zero-order valence-electron chi connectivity index (χ0n) is 14.0. The molecule has 0 aromatic heterocycles. The van der Waals surface area contributed by atoms with Crippen molar-refractivity contribution < 1.29 is 14.7 Å². The molecule has 0 spiro atoms. The van der Waals surface area contributed by atoms with Crippen LogP contribution in [0.2, 0.25) is 0 Å². The van der Waals surface area contributed by atoms with Gasteiger partial charge >= 0.3 is 5.97 Å². The van der Waals surface area contributed by atoms with Crippen molar-refractivity contribution in [2.24, 2.45) is 0 Å². The Kier molecular flexibility index (Phi) is 6.02. The third-order valence-electron chi connectivity index (χ3n) is 4.29. The van der Waals surface area contributed by atoms with Crippen molar-refractivity contribution in [2.45, 2.75) is 52.0 Å². The molecule has 1 aliphatic heterocycles. The van der Waals surface area contributed by atoms with Gasteiger partial charge < -0.3 is 15.3 Å². The Hall–Kier alpha value is -2.04. The molecule has 1 aliphatic rings. The zero-order valence-corrected chi connectivity index (χ0v) is 14.0. The highest BCUT2D eigenvalue weighted by Crippen LogP contribution is 2.26. The highest BCUT2D eigenvalue weighted by molar-refractivity contribution is 6.01. The predicted molar refractivity (Wildman–Crippen MR) is 91.0 cm³/mol. The number of amides is 1. The quantitative estimate of drug-likeness (QED) is 0.811. The summed E-state index contributed by atoms with van der Waals surface area (Å²) in [6, 6.07) is 4.99. The molecule has 5 nitrogen and oxygen atoms in total. The van der Waals surface area contributed by atoms with E-state index in [1.165, 1.54) is 0 Å². The zero-order chi connectivity index (χ0) is 16.8. The monoisotopic (exact) mass is 318 g/mol. The van der Waals surface area contributed by atoms with Gasteiger partial charge in [0.1, 0.15) is 6.04 Å². The van der Waals surface area contributed by atoms with Crippen molar-refractivity contribution in [3.05, 3.63) is 29.3 Å². The topological polar surface area (TPSA) is 69.6 Å². The van der Waals surface area contributed by atoms with E-state index in [-0.39, 0.29) is 5.91 Å². The molecule has 5 heteroatoms. The van der Waals surface area contributed by atoms with E-state index in [0.29, 0.717) is 12.0 Å². The number of aryl methyl sites for hydroxylation is 1. The molecule has 2 rings (SSSR count). The number of benzene rings is 1. The number of carboxylic acid groups (broad SMARTS) is 1. The van der Waals surface area contributed by atoms with E-state index in [9.17, 15) is 14.7 Å². The van der Waals surface area contributed by atoms with Crippen LogP contribution in [0.4, 0.5) is 5.69 Å². The van der Waals surface area contributed by atoms with Crippen molar-refractivity contribution in [3.63, 3.8) is 0 Å². The van der Waals surface area contributed by atoms with Crippen molar-refractivity contribution >= 4 is 17.6 Å². The number of hydrogen-bond acceptors (Lipinski definition) is 3. The molecular formula is C18H26N2O3. The molecule has 1 fully saturated rings. The molecule has 2 N–H and O–H groups in total. The average molecular weight is 318 g/mol. The Morgan fingerprint density at radius 1 is 1.30 bits per heavy atom. The Balaban J connectivity index is 2.19. The molecule has 1 aromatic rings. The van der Waals surface area contributed by atoms with Gasteiger partial charge in [-0.25, -0.2) is 4.79 Å². The van der Waals surface area contributed by atoms with Gasteiger partial charge in [0.05, 0.1) is 5.56 Å². The number of nitrogens with zero attached hydrogens (tertiary/aromatic N) is 1. The minimum absolute atomic E-state index is 0.292. The summed E-state index contributed by atoms with van der Waals surface area (Å²) in [5.74, 6) is -1.26. The highest BCUT2D eigenvalue weighted by Gasteiger charge is 2.24. The smallest absolute Gasteiger partial charge is 0.326 e. The summed E-state index contributed by atoms with van der Waals surface area (Å²) >= 11 is 0. The molecule has 0 saturated carbocycles. The van der Waals surface area contributed by atoms with Crippen LogP contribution < -0.4 is 10.2 Å². The second kappa shape index (κ2) is 7.99. The number of carbonyl (C=O) groups is 2. The van der Waals surface area contributed by atoms with Gasteiger partial charge in [-0.1, -0.05) is 31.4 Å². The number of hydrogen-bond donors (Lipinski definition) is 2.